The summed E-state index contributed by atoms with van der Waals surface area (Å²) in [4.78, 5) is 1.97. The van der Waals surface area contributed by atoms with E-state index in [1.807, 2.05) is 43.1 Å². The molecule has 0 bridgehead atoms. The number of rotatable bonds is 2. The van der Waals surface area contributed by atoms with E-state index in [0.29, 0.717) is 0 Å². The summed E-state index contributed by atoms with van der Waals surface area (Å²) in [5.41, 5.74) is 8.54. The van der Waals surface area contributed by atoms with Crippen LogP contribution in [0.15, 0.2) is 36.5 Å². The van der Waals surface area contributed by atoms with Gasteiger partial charge in [-0.2, -0.15) is 0 Å². The lowest BCUT2D eigenvalue weighted by atomic mass is 10.2. The first-order valence-electron chi connectivity index (χ1n) is 3.86. The van der Waals surface area contributed by atoms with Gasteiger partial charge in [-0.05, 0) is 19.1 Å². The van der Waals surface area contributed by atoms with Crippen molar-refractivity contribution in [3.8, 4) is 0 Å². The van der Waals surface area contributed by atoms with E-state index in [1.54, 1.807) is 0 Å². The van der Waals surface area contributed by atoms with Gasteiger partial charge in [-0.3, -0.25) is 0 Å². The fourth-order valence-corrected chi connectivity index (χ4v) is 0.999. The Kier molecular flexibility index (Phi) is 2.38. The lowest BCUT2D eigenvalue weighted by Gasteiger charge is -2.20. The van der Waals surface area contributed by atoms with Crippen LogP contribution in [0.1, 0.15) is 6.92 Å². The monoisotopic (exact) mass is 162 g/mol. The van der Waals surface area contributed by atoms with Crippen LogP contribution in [0.5, 0.6) is 0 Å². The van der Waals surface area contributed by atoms with Crippen LogP contribution >= 0.6 is 0 Å². The second-order valence-corrected chi connectivity index (χ2v) is 2.85. The Hall–Kier alpha value is -1.44. The average Bonchev–Trinajstić information content (AvgIpc) is 2.04. The maximum absolute atomic E-state index is 5.78. The molecule has 0 saturated carbocycles. The average molecular weight is 162 g/mol. The molecule has 64 valence electrons. The SMILES string of the molecule is C=C(C)N(C)c1ccccc1N. The summed E-state index contributed by atoms with van der Waals surface area (Å²) in [5.74, 6) is 0. The highest BCUT2D eigenvalue weighted by atomic mass is 15.1. The van der Waals surface area contributed by atoms with E-state index < -0.39 is 0 Å². The molecule has 0 aliphatic heterocycles. The molecule has 0 spiro atoms. The number of nitrogens with two attached hydrogens (primary N) is 1. The molecular formula is C10H14N2. The largest absolute Gasteiger partial charge is 0.397 e. The van der Waals surface area contributed by atoms with Crippen LogP contribution in [0.2, 0.25) is 0 Å². The maximum Gasteiger partial charge on any atom is 0.0638 e. The smallest absolute Gasteiger partial charge is 0.0638 e. The number of anilines is 2. The third-order valence-corrected chi connectivity index (χ3v) is 1.87. The van der Waals surface area contributed by atoms with Crippen molar-refractivity contribution in [2.24, 2.45) is 0 Å². The van der Waals surface area contributed by atoms with E-state index in [9.17, 15) is 0 Å². The molecule has 0 heterocycles. The summed E-state index contributed by atoms with van der Waals surface area (Å²) < 4.78 is 0. The standard InChI is InChI=1S/C10H14N2/c1-8(2)12(3)10-7-5-4-6-9(10)11/h4-7H,1,11H2,2-3H3. The molecule has 2 heteroatoms. The number of nitrogen functional groups attached to an aromatic ring is 1. The first-order valence-corrected chi connectivity index (χ1v) is 3.86. The molecule has 12 heavy (non-hydrogen) atoms. The van der Waals surface area contributed by atoms with E-state index in [2.05, 4.69) is 6.58 Å². The van der Waals surface area contributed by atoms with Crippen molar-refractivity contribution in [2.75, 3.05) is 17.7 Å². The minimum atomic E-state index is 0.781. The lowest BCUT2D eigenvalue weighted by molar-refractivity contribution is 1.10. The number of allylic oxidation sites excluding steroid dienone is 1. The molecule has 0 amide bonds. The molecule has 0 aromatic heterocycles. The van der Waals surface area contributed by atoms with Gasteiger partial charge in [0.2, 0.25) is 0 Å². The third kappa shape index (κ3) is 1.59. The van der Waals surface area contributed by atoms with Gasteiger partial charge in [-0.15, -0.1) is 0 Å². The fourth-order valence-electron chi connectivity index (χ4n) is 0.999. The van der Waals surface area contributed by atoms with Gasteiger partial charge < -0.3 is 10.6 Å². The second kappa shape index (κ2) is 3.30. The first kappa shape index (κ1) is 8.65. The Morgan fingerprint density at radius 3 is 2.50 bits per heavy atom. The summed E-state index contributed by atoms with van der Waals surface area (Å²) in [5, 5.41) is 0. The van der Waals surface area contributed by atoms with Crippen molar-refractivity contribution in [1.82, 2.24) is 0 Å². The molecule has 0 aliphatic carbocycles. The van der Waals surface area contributed by atoms with Crippen molar-refractivity contribution in [3.05, 3.63) is 36.5 Å². The van der Waals surface area contributed by atoms with Crippen LogP contribution in [-0.2, 0) is 0 Å². The van der Waals surface area contributed by atoms with E-state index in [0.717, 1.165) is 17.1 Å². The van der Waals surface area contributed by atoms with Crippen LogP contribution in [0, 0.1) is 0 Å². The van der Waals surface area contributed by atoms with Crippen LogP contribution in [-0.4, -0.2) is 7.05 Å². The molecule has 0 saturated heterocycles. The highest BCUT2D eigenvalue weighted by molar-refractivity contribution is 5.68. The highest BCUT2D eigenvalue weighted by Gasteiger charge is 2.02. The van der Waals surface area contributed by atoms with Crippen LogP contribution in [0.25, 0.3) is 0 Å². The summed E-state index contributed by atoms with van der Waals surface area (Å²) in [7, 11) is 1.95. The number of para-hydroxylation sites is 2. The van der Waals surface area contributed by atoms with E-state index in [1.165, 1.54) is 0 Å². The van der Waals surface area contributed by atoms with Crippen molar-refractivity contribution >= 4 is 11.4 Å². The summed E-state index contributed by atoms with van der Waals surface area (Å²) >= 11 is 0. The molecule has 0 aliphatic rings. The van der Waals surface area contributed by atoms with E-state index in [4.69, 9.17) is 5.73 Å². The molecule has 1 rings (SSSR count). The van der Waals surface area contributed by atoms with E-state index in [-0.39, 0.29) is 0 Å². The van der Waals surface area contributed by atoms with Gasteiger partial charge in [0.05, 0.1) is 11.4 Å². The van der Waals surface area contributed by atoms with Crippen molar-refractivity contribution in [2.45, 2.75) is 6.92 Å². The van der Waals surface area contributed by atoms with Gasteiger partial charge in [0.15, 0.2) is 0 Å². The Labute approximate surface area is 73.3 Å². The molecule has 1 aromatic carbocycles. The summed E-state index contributed by atoms with van der Waals surface area (Å²) in [6.45, 7) is 5.79. The third-order valence-electron chi connectivity index (χ3n) is 1.87. The Bertz CT molecular complexity index is 292. The van der Waals surface area contributed by atoms with Gasteiger partial charge in [-0.25, -0.2) is 0 Å². The van der Waals surface area contributed by atoms with Gasteiger partial charge in [0, 0.05) is 12.7 Å². The number of benzene rings is 1. The van der Waals surface area contributed by atoms with Gasteiger partial charge >= 0.3 is 0 Å². The Morgan fingerprint density at radius 1 is 1.42 bits per heavy atom. The Balaban J connectivity index is 3.02. The van der Waals surface area contributed by atoms with Crippen LogP contribution in [0.3, 0.4) is 0 Å². The maximum atomic E-state index is 5.78. The predicted octanol–water partition coefficient (Wildman–Crippen LogP) is 2.24. The number of nitrogens with zero attached hydrogens (tertiary/aromatic N) is 1. The van der Waals surface area contributed by atoms with Crippen LogP contribution < -0.4 is 10.6 Å². The molecule has 0 atom stereocenters. The minimum absolute atomic E-state index is 0.781. The minimum Gasteiger partial charge on any atom is -0.397 e. The zero-order valence-corrected chi connectivity index (χ0v) is 7.54. The number of hydrogen-bond donors (Lipinski definition) is 1. The fraction of sp³-hybridized carbons (Fsp3) is 0.200. The highest BCUT2D eigenvalue weighted by Crippen LogP contribution is 2.23. The second-order valence-electron chi connectivity index (χ2n) is 2.85. The molecule has 2 N–H and O–H groups in total. The number of hydrogen-bond acceptors (Lipinski definition) is 2. The van der Waals surface area contributed by atoms with Crippen LogP contribution in [0.4, 0.5) is 11.4 Å². The van der Waals surface area contributed by atoms with Crippen molar-refractivity contribution in [1.29, 1.82) is 0 Å². The van der Waals surface area contributed by atoms with Gasteiger partial charge in [-0.1, -0.05) is 18.7 Å². The van der Waals surface area contributed by atoms with Gasteiger partial charge in [0.25, 0.3) is 0 Å². The summed E-state index contributed by atoms with van der Waals surface area (Å²) in [6, 6.07) is 7.75. The molecule has 2 nitrogen and oxygen atoms in total. The molecule has 0 unspecified atom stereocenters. The molecular weight excluding hydrogens is 148 g/mol. The molecule has 0 fully saturated rings. The van der Waals surface area contributed by atoms with Crippen molar-refractivity contribution in [3.63, 3.8) is 0 Å². The normalized spacial score (nSPS) is 9.50. The van der Waals surface area contributed by atoms with E-state index >= 15 is 0 Å². The predicted molar refractivity (Wildman–Crippen MR) is 54.1 cm³/mol. The first-order chi connectivity index (χ1) is 5.63. The lowest BCUT2D eigenvalue weighted by Crippen LogP contribution is -2.14. The quantitative estimate of drug-likeness (QED) is 0.676. The molecule has 0 radical (unpaired) electrons. The zero-order chi connectivity index (χ0) is 9.14. The Morgan fingerprint density at radius 2 is 2.00 bits per heavy atom. The van der Waals surface area contributed by atoms with Crippen molar-refractivity contribution < 1.29 is 0 Å². The summed E-state index contributed by atoms with van der Waals surface area (Å²) in [6.07, 6.45) is 0. The zero-order valence-electron chi connectivity index (χ0n) is 7.54. The van der Waals surface area contributed by atoms with Gasteiger partial charge in [0.1, 0.15) is 0 Å². The molecule has 1 aromatic rings. The topological polar surface area (TPSA) is 29.3 Å².